The topological polar surface area (TPSA) is 44.8 Å². The van der Waals surface area contributed by atoms with E-state index in [2.05, 4.69) is 39.4 Å². The summed E-state index contributed by atoms with van der Waals surface area (Å²) in [5.74, 6) is -0.0933. The summed E-state index contributed by atoms with van der Waals surface area (Å²) in [7, 11) is 9.57. The molecule has 0 saturated heterocycles. The van der Waals surface area contributed by atoms with Crippen molar-refractivity contribution in [3.05, 3.63) is 29.8 Å². The Morgan fingerprint density at radius 2 is 1.80 bits per heavy atom. The molecule has 0 fully saturated rings. The van der Waals surface area contributed by atoms with Gasteiger partial charge in [0.2, 0.25) is 5.91 Å². The number of methoxy groups -OCH3 is 1. The van der Waals surface area contributed by atoms with Crippen molar-refractivity contribution in [3.63, 3.8) is 0 Å². The van der Waals surface area contributed by atoms with Gasteiger partial charge in [0.1, 0.15) is 6.61 Å². The fraction of sp³-hybridized carbons (Fsp3) is 0.533. The number of nitrogens with one attached hydrogen (secondary N) is 1. The number of ether oxygens (including phenoxy) is 1. The molecule has 0 aliphatic carbocycles. The lowest BCUT2D eigenvalue weighted by Crippen LogP contribution is -2.36. The van der Waals surface area contributed by atoms with Gasteiger partial charge in [0.25, 0.3) is 0 Å². The molecule has 1 rings (SSSR count). The van der Waals surface area contributed by atoms with Crippen molar-refractivity contribution in [2.45, 2.75) is 6.04 Å². The highest BCUT2D eigenvalue weighted by atomic mass is 16.5. The van der Waals surface area contributed by atoms with E-state index in [0.29, 0.717) is 6.54 Å². The minimum atomic E-state index is -0.0933. The number of rotatable bonds is 7. The van der Waals surface area contributed by atoms with Crippen LogP contribution in [0.3, 0.4) is 0 Å². The van der Waals surface area contributed by atoms with Crippen LogP contribution >= 0.6 is 0 Å². The van der Waals surface area contributed by atoms with Crippen LogP contribution in [0.1, 0.15) is 11.6 Å². The van der Waals surface area contributed by atoms with E-state index >= 15 is 0 Å². The predicted molar refractivity (Wildman–Crippen MR) is 82.1 cm³/mol. The van der Waals surface area contributed by atoms with Gasteiger partial charge in [-0.05, 0) is 31.8 Å². The van der Waals surface area contributed by atoms with E-state index in [1.807, 2.05) is 28.2 Å². The van der Waals surface area contributed by atoms with Gasteiger partial charge in [-0.3, -0.25) is 4.79 Å². The zero-order chi connectivity index (χ0) is 15.1. The van der Waals surface area contributed by atoms with E-state index < -0.39 is 0 Å². The van der Waals surface area contributed by atoms with E-state index in [-0.39, 0.29) is 18.6 Å². The van der Waals surface area contributed by atoms with Gasteiger partial charge in [-0.1, -0.05) is 12.1 Å². The lowest BCUT2D eigenvalue weighted by Gasteiger charge is -2.25. The van der Waals surface area contributed by atoms with Crippen LogP contribution in [-0.2, 0) is 9.53 Å². The molecule has 0 aliphatic rings. The number of benzene rings is 1. The Hall–Kier alpha value is -1.59. The summed E-state index contributed by atoms with van der Waals surface area (Å²) in [5.41, 5.74) is 2.34. The van der Waals surface area contributed by atoms with Gasteiger partial charge >= 0.3 is 0 Å². The van der Waals surface area contributed by atoms with Crippen molar-refractivity contribution in [2.24, 2.45) is 0 Å². The molecule has 1 amide bonds. The monoisotopic (exact) mass is 279 g/mol. The van der Waals surface area contributed by atoms with E-state index in [0.717, 1.165) is 5.69 Å². The molecule has 0 radical (unpaired) electrons. The average molecular weight is 279 g/mol. The second kappa shape index (κ2) is 7.87. The Kier molecular flexibility index (Phi) is 6.48. The van der Waals surface area contributed by atoms with Crippen LogP contribution in [-0.4, -0.2) is 59.3 Å². The van der Waals surface area contributed by atoms with Crippen molar-refractivity contribution in [1.29, 1.82) is 0 Å². The second-order valence-corrected chi connectivity index (χ2v) is 5.20. The Bertz CT molecular complexity index is 416. The number of nitrogens with zero attached hydrogens (tertiary/aromatic N) is 2. The molecular formula is C15H25N3O2. The fourth-order valence-corrected chi connectivity index (χ4v) is 1.99. The van der Waals surface area contributed by atoms with Gasteiger partial charge in [0, 0.05) is 33.4 Å². The summed E-state index contributed by atoms with van der Waals surface area (Å²) >= 11 is 0. The third kappa shape index (κ3) is 4.83. The van der Waals surface area contributed by atoms with Crippen LogP contribution in [0.2, 0.25) is 0 Å². The van der Waals surface area contributed by atoms with Crippen LogP contribution in [0, 0.1) is 0 Å². The van der Waals surface area contributed by atoms with Crippen LogP contribution in [0.15, 0.2) is 24.3 Å². The van der Waals surface area contributed by atoms with Crippen molar-refractivity contribution in [3.8, 4) is 0 Å². The van der Waals surface area contributed by atoms with Crippen molar-refractivity contribution in [2.75, 3.05) is 53.4 Å². The zero-order valence-corrected chi connectivity index (χ0v) is 13.0. The van der Waals surface area contributed by atoms with Gasteiger partial charge < -0.3 is 19.9 Å². The summed E-state index contributed by atoms with van der Waals surface area (Å²) in [6, 6.07) is 8.52. The van der Waals surface area contributed by atoms with E-state index in [1.165, 1.54) is 12.7 Å². The number of amides is 1. The minimum Gasteiger partial charge on any atom is -0.378 e. The SMILES string of the molecule is COCC(=O)NCC(c1ccc(N(C)C)cc1)N(C)C. The molecule has 20 heavy (non-hydrogen) atoms. The van der Waals surface area contributed by atoms with Crippen LogP contribution in [0.25, 0.3) is 0 Å². The Morgan fingerprint density at radius 3 is 2.25 bits per heavy atom. The summed E-state index contributed by atoms with van der Waals surface area (Å²) < 4.78 is 4.81. The first-order chi connectivity index (χ1) is 9.45. The highest BCUT2D eigenvalue weighted by Crippen LogP contribution is 2.20. The molecule has 112 valence electrons. The van der Waals surface area contributed by atoms with Crippen LogP contribution in [0.5, 0.6) is 0 Å². The number of carbonyl (C=O) groups excluding carboxylic acids is 1. The molecule has 1 N–H and O–H groups in total. The maximum absolute atomic E-state index is 11.5. The summed E-state index contributed by atoms with van der Waals surface area (Å²) in [6.45, 7) is 0.663. The van der Waals surface area contributed by atoms with Crippen molar-refractivity contribution >= 4 is 11.6 Å². The normalized spacial score (nSPS) is 12.3. The van der Waals surface area contributed by atoms with E-state index in [9.17, 15) is 4.79 Å². The van der Waals surface area contributed by atoms with Gasteiger partial charge in [-0.2, -0.15) is 0 Å². The number of anilines is 1. The second-order valence-electron chi connectivity index (χ2n) is 5.20. The minimum absolute atomic E-state index is 0.0933. The average Bonchev–Trinajstić information content (AvgIpc) is 2.39. The Balaban J connectivity index is 2.73. The quantitative estimate of drug-likeness (QED) is 0.812. The first kappa shape index (κ1) is 16.5. The first-order valence-corrected chi connectivity index (χ1v) is 6.65. The zero-order valence-electron chi connectivity index (χ0n) is 13.0. The molecule has 0 spiro atoms. The molecule has 0 heterocycles. The first-order valence-electron chi connectivity index (χ1n) is 6.65. The molecule has 1 atom stereocenters. The summed E-state index contributed by atoms with van der Waals surface area (Å²) in [5, 5.41) is 2.88. The molecule has 0 saturated carbocycles. The predicted octanol–water partition coefficient (Wildman–Crippen LogP) is 1.12. The van der Waals surface area contributed by atoms with Gasteiger partial charge in [-0.25, -0.2) is 0 Å². The smallest absolute Gasteiger partial charge is 0.246 e. The van der Waals surface area contributed by atoms with E-state index in [4.69, 9.17) is 4.74 Å². The third-order valence-electron chi connectivity index (χ3n) is 3.19. The third-order valence-corrected chi connectivity index (χ3v) is 3.19. The molecule has 1 aromatic rings. The number of hydrogen-bond acceptors (Lipinski definition) is 4. The van der Waals surface area contributed by atoms with E-state index in [1.54, 1.807) is 0 Å². The number of carbonyl (C=O) groups is 1. The standard InChI is InChI=1S/C15H25N3O2/c1-17(2)13-8-6-12(7-9-13)14(18(3)4)10-16-15(19)11-20-5/h6-9,14H,10-11H2,1-5H3,(H,16,19). The summed E-state index contributed by atoms with van der Waals surface area (Å²) in [4.78, 5) is 15.6. The molecule has 5 heteroatoms. The molecule has 0 aliphatic heterocycles. The molecule has 0 aromatic heterocycles. The van der Waals surface area contributed by atoms with Gasteiger partial charge in [0.15, 0.2) is 0 Å². The Morgan fingerprint density at radius 1 is 1.20 bits per heavy atom. The maximum Gasteiger partial charge on any atom is 0.246 e. The largest absolute Gasteiger partial charge is 0.378 e. The molecule has 1 unspecified atom stereocenters. The lowest BCUT2D eigenvalue weighted by atomic mass is 10.1. The molecule has 1 aromatic carbocycles. The highest BCUT2D eigenvalue weighted by Gasteiger charge is 2.15. The van der Waals surface area contributed by atoms with Crippen LogP contribution in [0.4, 0.5) is 5.69 Å². The number of hydrogen-bond donors (Lipinski definition) is 1. The Labute approximate surface area is 121 Å². The van der Waals surface area contributed by atoms with Crippen molar-refractivity contribution < 1.29 is 9.53 Å². The van der Waals surface area contributed by atoms with Gasteiger partial charge in [-0.15, -0.1) is 0 Å². The maximum atomic E-state index is 11.5. The van der Waals surface area contributed by atoms with Gasteiger partial charge in [0.05, 0.1) is 6.04 Å². The van der Waals surface area contributed by atoms with Crippen LogP contribution < -0.4 is 10.2 Å². The molecule has 5 nitrogen and oxygen atoms in total. The highest BCUT2D eigenvalue weighted by molar-refractivity contribution is 5.77. The van der Waals surface area contributed by atoms with Crippen molar-refractivity contribution in [1.82, 2.24) is 10.2 Å². The lowest BCUT2D eigenvalue weighted by molar-refractivity contribution is -0.124. The molecular weight excluding hydrogens is 254 g/mol. The molecule has 0 bridgehead atoms. The fourth-order valence-electron chi connectivity index (χ4n) is 1.99. The number of likely N-dealkylation sites (N-methyl/N-ethyl adjacent to an activating group) is 1. The summed E-state index contributed by atoms with van der Waals surface area (Å²) in [6.07, 6.45) is 0.